The number of tetrazole rings is 1. The third-order valence-electron chi connectivity index (χ3n) is 6.99. The van der Waals surface area contributed by atoms with Crippen molar-refractivity contribution in [3.05, 3.63) is 89.2 Å². The molecule has 0 saturated carbocycles. The first-order chi connectivity index (χ1) is 19.9. The molecule has 3 heterocycles. The Hall–Kier alpha value is -5.10. The zero-order chi connectivity index (χ0) is 28.5. The van der Waals surface area contributed by atoms with E-state index in [2.05, 4.69) is 26.2 Å². The Morgan fingerprint density at radius 3 is 2.59 bits per heavy atom. The van der Waals surface area contributed by atoms with E-state index in [9.17, 15) is 19.2 Å². The van der Waals surface area contributed by atoms with E-state index in [0.717, 1.165) is 11.1 Å². The fourth-order valence-electron chi connectivity index (χ4n) is 5.03. The SMILES string of the molecule is O=C1Cc2cc(NC(=O)C(Cc3ccccc3)N3CC(=O)N(c4cc(Cl)ccc4-n4cnnn4)CC3=O)ccc2N1. The van der Waals surface area contributed by atoms with Crippen LogP contribution in [0.25, 0.3) is 5.69 Å². The molecule has 4 amide bonds. The molecule has 0 bridgehead atoms. The molecule has 6 rings (SSSR count). The summed E-state index contributed by atoms with van der Waals surface area (Å²) in [6.07, 6.45) is 1.79. The second kappa shape index (κ2) is 10.8. The van der Waals surface area contributed by atoms with Crippen molar-refractivity contribution >= 4 is 52.3 Å². The molecule has 2 aliphatic heterocycles. The topological polar surface area (TPSA) is 142 Å². The molecule has 0 spiro atoms. The van der Waals surface area contributed by atoms with Gasteiger partial charge in [0.15, 0.2) is 0 Å². The zero-order valence-electron chi connectivity index (χ0n) is 21.5. The number of hydrogen-bond donors (Lipinski definition) is 2. The van der Waals surface area contributed by atoms with E-state index in [1.54, 1.807) is 36.4 Å². The Balaban J connectivity index is 1.27. The quantitative estimate of drug-likeness (QED) is 0.347. The zero-order valence-corrected chi connectivity index (χ0v) is 22.3. The number of amides is 4. The van der Waals surface area contributed by atoms with Crippen molar-refractivity contribution in [2.45, 2.75) is 18.9 Å². The van der Waals surface area contributed by atoms with E-state index in [1.165, 1.54) is 20.8 Å². The molecule has 0 aliphatic carbocycles. The van der Waals surface area contributed by atoms with Gasteiger partial charge >= 0.3 is 0 Å². The van der Waals surface area contributed by atoms with Gasteiger partial charge in [-0.25, -0.2) is 0 Å². The number of nitrogens with one attached hydrogen (secondary N) is 2. The maximum atomic E-state index is 13.7. The van der Waals surface area contributed by atoms with Gasteiger partial charge < -0.3 is 15.5 Å². The number of halogens is 1. The molecule has 1 saturated heterocycles. The van der Waals surface area contributed by atoms with Crippen LogP contribution in [0, 0.1) is 0 Å². The number of benzene rings is 3. The van der Waals surface area contributed by atoms with Gasteiger partial charge in [0.1, 0.15) is 25.5 Å². The average Bonchev–Trinajstić information content (AvgIpc) is 3.62. The number of nitrogens with zero attached hydrogens (tertiary/aromatic N) is 6. The smallest absolute Gasteiger partial charge is 0.247 e. The van der Waals surface area contributed by atoms with Gasteiger partial charge in [-0.2, -0.15) is 4.68 Å². The van der Waals surface area contributed by atoms with Crippen LogP contribution in [0.2, 0.25) is 5.02 Å². The lowest BCUT2D eigenvalue weighted by atomic mass is 10.0. The predicted molar refractivity (Wildman–Crippen MR) is 150 cm³/mol. The molecule has 4 aromatic rings. The lowest BCUT2D eigenvalue weighted by molar-refractivity contribution is -0.143. The van der Waals surface area contributed by atoms with Crippen LogP contribution in [-0.2, 0) is 32.0 Å². The highest BCUT2D eigenvalue weighted by Crippen LogP contribution is 2.30. The van der Waals surface area contributed by atoms with E-state index in [0.29, 0.717) is 27.8 Å². The van der Waals surface area contributed by atoms with E-state index in [-0.39, 0.29) is 31.8 Å². The summed E-state index contributed by atoms with van der Waals surface area (Å²) in [6.45, 7) is -0.632. The number of aromatic nitrogens is 4. The molecule has 1 atom stereocenters. The fraction of sp³-hybridized carbons (Fsp3) is 0.179. The van der Waals surface area contributed by atoms with Gasteiger partial charge in [0.25, 0.3) is 0 Å². The van der Waals surface area contributed by atoms with Crippen LogP contribution in [0.5, 0.6) is 0 Å². The summed E-state index contributed by atoms with van der Waals surface area (Å²) in [5.41, 5.74) is 3.63. The first-order valence-electron chi connectivity index (χ1n) is 12.8. The third-order valence-corrected chi connectivity index (χ3v) is 7.23. The minimum absolute atomic E-state index is 0.115. The molecule has 0 radical (unpaired) electrons. The normalized spacial score (nSPS) is 15.5. The van der Waals surface area contributed by atoms with Crippen LogP contribution in [0.3, 0.4) is 0 Å². The highest BCUT2D eigenvalue weighted by Gasteiger charge is 2.39. The second-order valence-electron chi connectivity index (χ2n) is 9.68. The van der Waals surface area contributed by atoms with Crippen LogP contribution in [0.4, 0.5) is 17.1 Å². The number of hydrogen-bond acceptors (Lipinski definition) is 7. The van der Waals surface area contributed by atoms with Crippen molar-refractivity contribution < 1.29 is 19.2 Å². The number of anilines is 3. The van der Waals surface area contributed by atoms with E-state index in [1.807, 2.05) is 30.3 Å². The van der Waals surface area contributed by atoms with Crippen molar-refractivity contribution in [3.8, 4) is 5.69 Å². The lowest BCUT2D eigenvalue weighted by Gasteiger charge is -2.38. The van der Waals surface area contributed by atoms with Crippen LogP contribution >= 0.6 is 11.6 Å². The van der Waals surface area contributed by atoms with Gasteiger partial charge in [0, 0.05) is 22.8 Å². The molecule has 3 aromatic carbocycles. The Bertz CT molecular complexity index is 1660. The van der Waals surface area contributed by atoms with Gasteiger partial charge in [-0.05, 0) is 58.0 Å². The third kappa shape index (κ3) is 5.37. The van der Waals surface area contributed by atoms with Crippen LogP contribution in [-0.4, -0.2) is 67.9 Å². The number of carbonyl (C=O) groups excluding carboxylic acids is 4. The molecule has 41 heavy (non-hydrogen) atoms. The van der Waals surface area contributed by atoms with Crippen LogP contribution < -0.4 is 15.5 Å². The van der Waals surface area contributed by atoms with Crippen LogP contribution in [0.15, 0.2) is 73.1 Å². The minimum atomic E-state index is -0.970. The maximum Gasteiger partial charge on any atom is 0.247 e. The Morgan fingerprint density at radius 1 is 0.976 bits per heavy atom. The van der Waals surface area contributed by atoms with E-state index >= 15 is 0 Å². The van der Waals surface area contributed by atoms with Gasteiger partial charge in [-0.3, -0.25) is 24.1 Å². The summed E-state index contributed by atoms with van der Waals surface area (Å²) in [7, 11) is 0. The summed E-state index contributed by atoms with van der Waals surface area (Å²) < 4.78 is 1.38. The van der Waals surface area contributed by atoms with Gasteiger partial charge in [0.05, 0.1) is 17.8 Å². The Morgan fingerprint density at radius 2 is 1.80 bits per heavy atom. The summed E-state index contributed by atoms with van der Waals surface area (Å²) in [6, 6.07) is 18.3. The fourth-order valence-corrected chi connectivity index (χ4v) is 5.20. The highest BCUT2D eigenvalue weighted by molar-refractivity contribution is 6.31. The van der Waals surface area contributed by atoms with Crippen molar-refractivity contribution in [2.75, 3.05) is 28.6 Å². The van der Waals surface area contributed by atoms with Gasteiger partial charge in [-0.15, -0.1) is 5.10 Å². The Labute approximate surface area is 238 Å². The minimum Gasteiger partial charge on any atom is -0.326 e. The van der Waals surface area contributed by atoms with E-state index in [4.69, 9.17) is 11.6 Å². The maximum absolute atomic E-state index is 13.7. The molecule has 1 fully saturated rings. The lowest BCUT2D eigenvalue weighted by Crippen LogP contribution is -2.60. The summed E-state index contributed by atoms with van der Waals surface area (Å²) in [5, 5.41) is 17.2. The molecular formula is C28H23ClN8O4. The van der Waals surface area contributed by atoms with Crippen molar-refractivity contribution in [1.82, 2.24) is 25.1 Å². The second-order valence-corrected chi connectivity index (χ2v) is 10.1. The Kier molecular flexibility index (Phi) is 6.89. The molecule has 1 aromatic heterocycles. The molecule has 13 heteroatoms. The number of rotatable bonds is 7. The first kappa shape index (κ1) is 26.1. The van der Waals surface area contributed by atoms with Crippen molar-refractivity contribution in [2.24, 2.45) is 0 Å². The van der Waals surface area contributed by atoms with Crippen LogP contribution in [0.1, 0.15) is 11.1 Å². The highest BCUT2D eigenvalue weighted by atomic mass is 35.5. The monoisotopic (exact) mass is 570 g/mol. The summed E-state index contributed by atoms with van der Waals surface area (Å²) in [5.74, 6) is -1.37. The molecule has 12 nitrogen and oxygen atoms in total. The number of carbonyl (C=O) groups is 4. The number of fused-ring (bicyclic) bond motifs is 1. The van der Waals surface area contributed by atoms with Gasteiger partial charge in [0.2, 0.25) is 23.6 Å². The largest absolute Gasteiger partial charge is 0.326 e. The summed E-state index contributed by atoms with van der Waals surface area (Å²) >= 11 is 6.24. The molecular weight excluding hydrogens is 548 g/mol. The standard InChI is InChI=1S/C28H23ClN8O4/c29-19-6-9-22(37-16-30-33-34-37)23(13-19)35-14-27(40)36(15-26(35)39)24(10-17-4-2-1-3-5-17)28(41)31-20-7-8-21-18(11-20)12-25(38)32-21/h1-9,11,13,16,24H,10,12,14-15H2,(H,31,41)(H,32,38). The summed E-state index contributed by atoms with van der Waals surface area (Å²) in [4.78, 5) is 55.2. The molecule has 2 N–H and O–H groups in total. The molecule has 2 aliphatic rings. The number of piperazine rings is 1. The predicted octanol–water partition coefficient (Wildman–Crippen LogP) is 2.24. The van der Waals surface area contributed by atoms with Crippen molar-refractivity contribution in [3.63, 3.8) is 0 Å². The average molecular weight is 571 g/mol. The van der Waals surface area contributed by atoms with Crippen molar-refractivity contribution in [1.29, 1.82) is 0 Å². The van der Waals surface area contributed by atoms with E-state index < -0.39 is 23.8 Å². The molecule has 1 unspecified atom stereocenters. The molecule has 206 valence electrons. The van der Waals surface area contributed by atoms with Gasteiger partial charge in [-0.1, -0.05) is 41.9 Å². The first-order valence-corrected chi connectivity index (χ1v) is 13.1.